The summed E-state index contributed by atoms with van der Waals surface area (Å²) in [7, 11) is 0. The van der Waals surface area contributed by atoms with Crippen LogP contribution in [-0.4, -0.2) is 42.4 Å². The number of aliphatic hydroxyl groups is 1. The van der Waals surface area contributed by atoms with Gasteiger partial charge < -0.3 is 15.2 Å². The molecule has 0 amide bonds. The minimum Gasteiger partial charge on any atom is -0.389 e. The van der Waals surface area contributed by atoms with Crippen LogP contribution in [0.5, 0.6) is 0 Å². The molecule has 3 nitrogen and oxygen atoms in total. The average Bonchev–Trinajstić information content (AvgIpc) is 2.93. The first kappa shape index (κ1) is 15.3. The molecule has 1 atom stereocenters. The molecule has 2 rings (SSSR count). The van der Waals surface area contributed by atoms with E-state index in [4.69, 9.17) is 4.74 Å². The third-order valence-corrected chi connectivity index (χ3v) is 5.19. The lowest BCUT2D eigenvalue weighted by molar-refractivity contribution is 0.0295. The normalized spacial score (nSPS) is 18.6. The molecule has 1 saturated heterocycles. The first-order valence-electron chi connectivity index (χ1n) is 6.91. The first-order valence-corrected chi connectivity index (χ1v) is 8.94. The van der Waals surface area contributed by atoms with E-state index in [1.807, 2.05) is 11.4 Å². The van der Waals surface area contributed by atoms with Gasteiger partial charge in [0.15, 0.2) is 0 Å². The van der Waals surface area contributed by atoms with Gasteiger partial charge in [-0.3, -0.25) is 0 Å². The van der Waals surface area contributed by atoms with E-state index in [2.05, 4.69) is 23.1 Å². The maximum absolute atomic E-state index is 9.82. The average molecular weight is 301 g/mol. The third-order valence-electron chi connectivity index (χ3n) is 3.29. The van der Waals surface area contributed by atoms with Gasteiger partial charge in [-0.1, -0.05) is 6.07 Å². The Balaban J connectivity index is 1.48. The highest BCUT2D eigenvalue weighted by Crippen LogP contribution is 2.21. The topological polar surface area (TPSA) is 41.5 Å². The Bertz CT molecular complexity index is 326. The molecule has 0 radical (unpaired) electrons. The predicted molar refractivity (Wildman–Crippen MR) is 82.9 cm³/mol. The smallest absolute Gasteiger partial charge is 0.0897 e. The lowest BCUT2D eigenvalue weighted by atomic mass is 10.0. The fraction of sp³-hybridized carbons (Fsp3) is 0.714. The van der Waals surface area contributed by atoms with E-state index >= 15 is 0 Å². The van der Waals surface area contributed by atoms with Crippen LogP contribution in [0.3, 0.4) is 0 Å². The van der Waals surface area contributed by atoms with E-state index in [1.54, 1.807) is 11.3 Å². The van der Waals surface area contributed by atoms with Crippen molar-refractivity contribution < 1.29 is 9.84 Å². The maximum atomic E-state index is 9.82. The van der Waals surface area contributed by atoms with Crippen LogP contribution >= 0.6 is 23.1 Å². The van der Waals surface area contributed by atoms with Gasteiger partial charge in [0, 0.05) is 11.4 Å². The Labute approximate surface area is 123 Å². The quantitative estimate of drug-likeness (QED) is 0.773. The lowest BCUT2D eigenvalue weighted by Crippen LogP contribution is -2.34. The zero-order valence-electron chi connectivity index (χ0n) is 11.2. The van der Waals surface area contributed by atoms with Gasteiger partial charge >= 0.3 is 0 Å². The summed E-state index contributed by atoms with van der Waals surface area (Å²) in [6.45, 7) is 2.68. The molecule has 108 valence electrons. The summed E-state index contributed by atoms with van der Waals surface area (Å²) in [6, 6.07) is 4.07. The molecule has 1 aromatic heterocycles. The number of hydrogen-bond donors (Lipinski definition) is 2. The van der Waals surface area contributed by atoms with Crippen LogP contribution in [0.25, 0.3) is 0 Å². The van der Waals surface area contributed by atoms with E-state index in [0.717, 1.165) is 12.5 Å². The van der Waals surface area contributed by atoms with Crippen molar-refractivity contribution in [2.45, 2.75) is 25.6 Å². The second kappa shape index (κ2) is 8.97. The van der Waals surface area contributed by atoms with Crippen molar-refractivity contribution in [2.24, 2.45) is 5.92 Å². The molecule has 0 aliphatic carbocycles. The monoisotopic (exact) mass is 301 g/mol. The highest BCUT2D eigenvalue weighted by atomic mass is 32.2. The molecule has 0 spiro atoms. The van der Waals surface area contributed by atoms with Gasteiger partial charge in [0.25, 0.3) is 0 Å². The van der Waals surface area contributed by atoms with Crippen LogP contribution in [0.2, 0.25) is 0 Å². The van der Waals surface area contributed by atoms with Crippen LogP contribution < -0.4 is 5.32 Å². The first-order chi connectivity index (χ1) is 9.34. The molecular formula is C14H23NO2S2. The van der Waals surface area contributed by atoms with Crippen molar-refractivity contribution in [1.82, 2.24) is 5.32 Å². The van der Waals surface area contributed by atoms with Crippen LogP contribution in [0.4, 0.5) is 0 Å². The molecular weight excluding hydrogens is 278 g/mol. The van der Waals surface area contributed by atoms with Gasteiger partial charge in [-0.2, -0.15) is 11.8 Å². The summed E-state index contributed by atoms with van der Waals surface area (Å²) in [4.78, 5) is 1.21. The largest absolute Gasteiger partial charge is 0.389 e. The van der Waals surface area contributed by atoms with Crippen molar-refractivity contribution in [3.63, 3.8) is 0 Å². The van der Waals surface area contributed by atoms with Crippen LogP contribution in [0.1, 0.15) is 17.7 Å². The van der Waals surface area contributed by atoms with Crippen molar-refractivity contribution in [2.75, 3.05) is 31.2 Å². The second-order valence-electron chi connectivity index (χ2n) is 4.96. The van der Waals surface area contributed by atoms with E-state index in [-0.39, 0.29) is 0 Å². The molecule has 1 unspecified atom stereocenters. The molecule has 19 heavy (non-hydrogen) atoms. The van der Waals surface area contributed by atoms with Crippen molar-refractivity contribution in [3.8, 4) is 0 Å². The van der Waals surface area contributed by atoms with Crippen molar-refractivity contribution in [3.05, 3.63) is 22.4 Å². The van der Waals surface area contributed by atoms with Gasteiger partial charge in [0.1, 0.15) is 0 Å². The SMILES string of the molecule is OC(CNCC1CCSCC1)COCc1cccs1. The minimum absolute atomic E-state index is 0.405. The number of hydrogen-bond acceptors (Lipinski definition) is 5. The molecule has 1 aliphatic heterocycles. The Morgan fingerprint density at radius 1 is 1.42 bits per heavy atom. The third kappa shape index (κ3) is 6.27. The number of thioether (sulfide) groups is 1. The Morgan fingerprint density at radius 2 is 2.26 bits per heavy atom. The van der Waals surface area contributed by atoms with Crippen LogP contribution in [-0.2, 0) is 11.3 Å². The molecule has 0 saturated carbocycles. The fourth-order valence-electron chi connectivity index (χ4n) is 2.15. The molecule has 5 heteroatoms. The van der Waals surface area contributed by atoms with Crippen LogP contribution in [0.15, 0.2) is 17.5 Å². The highest BCUT2D eigenvalue weighted by Gasteiger charge is 2.13. The van der Waals surface area contributed by atoms with E-state index < -0.39 is 6.10 Å². The molecule has 2 N–H and O–H groups in total. The fourth-order valence-corrected chi connectivity index (χ4v) is 4.00. The summed E-state index contributed by atoms with van der Waals surface area (Å²) in [5, 5.41) is 15.2. The zero-order chi connectivity index (χ0) is 13.3. The number of aliphatic hydroxyl groups excluding tert-OH is 1. The summed E-state index contributed by atoms with van der Waals surface area (Å²) < 4.78 is 5.50. The van der Waals surface area contributed by atoms with Gasteiger partial charge in [-0.05, 0) is 48.3 Å². The van der Waals surface area contributed by atoms with Crippen molar-refractivity contribution in [1.29, 1.82) is 0 Å². The number of nitrogens with one attached hydrogen (secondary N) is 1. The maximum Gasteiger partial charge on any atom is 0.0897 e. The zero-order valence-corrected chi connectivity index (χ0v) is 12.8. The van der Waals surface area contributed by atoms with Gasteiger partial charge in [-0.25, -0.2) is 0 Å². The van der Waals surface area contributed by atoms with Gasteiger partial charge in [-0.15, -0.1) is 11.3 Å². The van der Waals surface area contributed by atoms with E-state index in [1.165, 1.54) is 29.2 Å². The molecule has 1 aromatic rings. The lowest BCUT2D eigenvalue weighted by Gasteiger charge is -2.22. The predicted octanol–water partition coefficient (Wildman–Crippen LogP) is 2.36. The summed E-state index contributed by atoms with van der Waals surface area (Å²) in [5.41, 5.74) is 0. The summed E-state index contributed by atoms with van der Waals surface area (Å²) in [6.07, 6.45) is 2.21. The van der Waals surface area contributed by atoms with Crippen LogP contribution in [0, 0.1) is 5.92 Å². The standard InChI is InChI=1S/C14H23NO2S2/c16-13(10-17-11-14-2-1-5-19-14)9-15-8-12-3-6-18-7-4-12/h1-2,5,12-13,15-16H,3-4,6-11H2. The second-order valence-corrected chi connectivity index (χ2v) is 7.22. The van der Waals surface area contributed by atoms with Gasteiger partial charge in [0.2, 0.25) is 0 Å². The van der Waals surface area contributed by atoms with Gasteiger partial charge in [0.05, 0.1) is 19.3 Å². The Kier molecular flexibility index (Phi) is 7.24. The van der Waals surface area contributed by atoms with E-state index in [0.29, 0.717) is 19.8 Å². The molecule has 2 heterocycles. The summed E-state index contributed by atoms with van der Waals surface area (Å²) >= 11 is 3.74. The Morgan fingerprint density at radius 3 is 3.00 bits per heavy atom. The molecule has 1 fully saturated rings. The number of ether oxygens (including phenoxy) is 1. The Hall–Kier alpha value is -0.0700. The summed E-state index contributed by atoms with van der Waals surface area (Å²) in [5.74, 6) is 3.37. The van der Waals surface area contributed by atoms with E-state index in [9.17, 15) is 5.11 Å². The minimum atomic E-state index is -0.405. The molecule has 1 aliphatic rings. The molecule has 0 aromatic carbocycles. The molecule has 0 bridgehead atoms. The number of rotatable bonds is 8. The highest BCUT2D eigenvalue weighted by molar-refractivity contribution is 7.99. The van der Waals surface area contributed by atoms with Crippen molar-refractivity contribution >= 4 is 23.1 Å². The number of thiophene rings is 1.